The van der Waals surface area contributed by atoms with Gasteiger partial charge in [-0.1, -0.05) is 30.7 Å². The van der Waals surface area contributed by atoms with Crippen LogP contribution in [0.3, 0.4) is 0 Å². The predicted molar refractivity (Wildman–Crippen MR) is 75.2 cm³/mol. The Kier molecular flexibility index (Phi) is 6.77. The zero-order valence-electron chi connectivity index (χ0n) is 10.4. The van der Waals surface area contributed by atoms with Gasteiger partial charge in [0.05, 0.1) is 0 Å². The first-order chi connectivity index (χ1) is 8.27. The summed E-state index contributed by atoms with van der Waals surface area (Å²) in [6, 6.07) is 8.45. The van der Waals surface area contributed by atoms with E-state index in [9.17, 15) is 0 Å². The number of terminal acetylenes is 1. The molecule has 0 aliphatic rings. The first-order valence-corrected chi connectivity index (χ1v) is 6.58. The molecule has 0 radical (unpaired) electrons. The monoisotopic (exact) mass is 249 g/mol. The maximum atomic E-state index is 6.00. The molecular formula is C15H20ClN. The minimum absolute atomic E-state index is 0.388. The third-order valence-electron chi connectivity index (χ3n) is 2.80. The lowest BCUT2D eigenvalue weighted by Gasteiger charge is -2.17. The topological polar surface area (TPSA) is 12.0 Å². The largest absolute Gasteiger partial charge is 0.310 e. The van der Waals surface area contributed by atoms with Gasteiger partial charge in [-0.25, -0.2) is 0 Å². The number of benzene rings is 1. The summed E-state index contributed by atoms with van der Waals surface area (Å²) in [6.07, 6.45) is 9.37. The molecule has 0 aliphatic heterocycles. The van der Waals surface area contributed by atoms with Crippen LogP contribution in [0.1, 0.15) is 44.2 Å². The van der Waals surface area contributed by atoms with Gasteiger partial charge in [-0.2, -0.15) is 0 Å². The van der Waals surface area contributed by atoms with Crippen LogP contribution in [0, 0.1) is 12.3 Å². The van der Waals surface area contributed by atoms with E-state index in [0.29, 0.717) is 6.04 Å². The van der Waals surface area contributed by atoms with E-state index < -0.39 is 0 Å². The number of rotatable bonds is 7. The van der Waals surface area contributed by atoms with E-state index in [1.54, 1.807) is 0 Å². The molecule has 1 aromatic rings. The lowest BCUT2D eigenvalue weighted by atomic mass is 10.0. The molecule has 1 atom stereocenters. The van der Waals surface area contributed by atoms with Gasteiger partial charge in [0.1, 0.15) is 0 Å². The number of halogens is 1. The van der Waals surface area contributed by atoms with Gasteiger partial charge in [-0.05, 0) is 43.5 Å². The van der Waals surface area contributed by atoms with E-state index in [1.807, 2.05) is 18.2 Å². The molecule has 0 aromatic heterocycles. The zero-order chi connectivity index (χ0) is 12.5. The van der Waals surface area contributed by atoms with Crippen molar-refractivity contribution in [2.75, 3.05) is 6.54 Å². The van der Waals surface area contributed by atoms with Gasteiger partial charge >= 0.3 is 0 Å². The normalized spacial score (nSPS) is 12.1. The average Bonchev–Trinajstić information content (AvgIpc) is 2.34. The van der Waals surface area contributed by atoms with E-state index in [4.69, 9.17) is 18.0 Å². The van der Waals surface area contributed by atoms with Crippen LogP contribution in [0.25, 0.3) is 0 Å². The lowest BCUT2D eigenvalue weighted by Crippen LogP contribution is -2.21. The van der Waals surface area contributed by atoms with Crippen LogP contribution < -0.4 is 5.32 Å². The molecule has 0 amide bonds. The van der Waals surface area contributed by atoms with Gasteiger partial charge in [-0.15, -0.1) is 12.3 Å². The molecule has 1 aromatic carbocycles. The van der Waals surface area contributed by atoms with Crippen molar-refractivity contribution in [3.05, 3.63) is 34.9 Å². The summed E-state index contributed by atoms with van der Waals surface area (Å²) in [7, 11) is 0. The summed E-state index contributed by atoms with van der Waals surface area (Å²) in [5, 5.41) is 4.35. The van der Waals surface area contributed by atoms with Gasteiger partial charge in [-0.3, -0.25) is 0 Å². The van der Waals surface area contributed by atoms with Crippen LogP contribution in [0.2, 0.25) is 5.02 Å². The first kappa shape index (κ1) is 14.1. The lowest BCUT2D eigenvalue weighted by molar-refractivity contribution is 0.505. The second-order valence-electron chi connectivity index (χ2n) is 4.13. The van der Waals surface area contributed by atoms with Gasteiger partial charge in [0.2, 0.25) is 0 Å². The van der Waals surface area contributed by atoms with Crippen molar-refractivity contribution in [1.29, 1.82) is 0 Å². The molecule has 1 N–H and O–H groups in total. The molecule has 92 valence electrons. The predicted octanol–water partition coefficient (Wildman–Crippen LogP) is 4.18. The molecule has 1 nitrogen and oxygen atoms in total. The Bertz CT molecular complexity index is 367. The Balaban J connectivity index is 2.41. The standard InChI is InChI=1S/C15H20ClN/c1-3-5-6-7-11-17-15(4-2)13-9-8-10-14(16)12-13/h1,8-10,12,15,17H,4-7,11H2,2H3. The Morgan fingerprint density at radius 3 is 2.88 bits per heavy atom. The van der Waals surface area contributed by atoms with E-state index in [1.165, 1.54) is 5.56 Å². The van der Waals surface area contributed by atoms with Gasteiger partial charge in [0.25, 0.3) is 0 Å². The Hall–Kier alpha value is -0.970. The quantitative estimate of drug-likeness (QED) is 0.565. The average molecular weight is 250 g/mol. The highest BCUT2D eigenvalue weighted by Gasteiger charge is 2.07. The summed E-state index contributed by atoms with van der Waals surface area (Å²) in [5.41, 5.74) is 1.26. The van der Waals surface area contributed by atoms with Crippen LogP contribution in [0.5, 0.6) is 0 Å². The van der Waals surface area contributed by atoms with E-state index in [0.717, 1.165) is 37.3 Å². The minimum Gasteiger partial charge on any atom is -0.310 e. The van der Waals surface area contributed by atoms with E-state index in [-0.39, 0.29) is 0 Å². The van der Waals surface area contributed by atoms with Crippen molar-refractivity contribution in [2.45, 2.75) is 38.6 Å². The van der Waals surface area contributed by atoms with Crippen LogP contribution in [0.4, 0.5) is 0 Å². The third-order valence-corrected chi connectivity index (χ3v) is 3.03. The second-order valence-corrected chi connectivity index (χ2v) is 4.57. The van der Waals surface area contributed by atoms with E-state index >= 15 is 0 Å². The van der Waals surface area contributed by atoms with E-state index in [2.05, 4.69) is 24.2 Å². The van der Waals surface area contributed by atoms with Crippen molar-refractivity contribution in [3.63, 3.8) is 0 Å². The highest BCUT2D eigenvalue weighted by molar-refractivity contribution is 6.30. The maximum absolute atomic E-state index is 6.00. The molecule has 1 rings (SSSR count). The summed E-state index contributed by atoms with van der Waals surface area (Å²) in [6.45, 7) is 3.19. The molecule has 17 heavy (non-hydrogen) atoms. The summed E-state index contributed by atoms with van der Waals surface area (Å²) in [5.74, 6) is 2.66. The number of nitrogens with one attached hydrogen (secondary N) is 1. The summed E-state index contributed by atoms with van der Waals surface area (Å²) in [4.78, 5) is 0. The second kappa shape index (κ2) is 8.17. The smallest absolute Gasteiger partial charge is 0.0409 e. The van der Waals surface area contributed by atoms with Gasteiger partial charge in [0, 0.05) is 17.5 Å². The SMILES string of the molecule is C#CCCCCNC(CC)c1cccc(Cl)c1. The number of hydrogen-bond acceptors (Lipinski definition) is 1. The molecule has 1 unspecified atom stereocenters. The van der Waals surface area contributed by atoms with Crippen molar-refractivity contribution in [1.82, 2.24) is 5.32 Å². The van der Waals surface area contributed by atoms with Crippen LogP contribution in [-0.2, 0) is 0 Å². The van der Waals surface area contributed by atoms with Crippen molar-refractivity contribution in [3.8, 4) is 12.3 Å². The molecular weight excluding hydrogens is 230 g/mol. The highest BCUT2D eigenvalue weighted by atomic mass is 35.5. The van der Waals surface area contributed by atoms with Crippen molar-refractivity contribution >= 4 is 11.6 Å². The molecule has 0 saturated carbocycles. The van der Waals surface area contributed by atoms with Crippen LogP contribution in [0.15, 0.2) is 24.3 Å². The summed E-state index contributed by atoms with van der Waals surface area (Å²) < 4.78 is 0. The van der Waals surface area contributed by atoms with Crippen molar-refractivity contribution < 1.29 is 0 Å². The molecule has 0 heterocycles. The fourth-order valence-electron chi connectivity index (χ4n) is 1.85. The third kappa shape index (κ3) is 5.26. The number of unbranched alkanes of at least 4 members (excludes halogenated alkanes) is 2. The Morgan fingerprint density at radius 2 is 2.24 bits per heavy atom. The van der Waals surface area contributed by atoms with Crippen LogP contribution >= 0.6 is 11.6 Å². The highest BCUT2D eigenvalue weighted by Crippen LogP contribution is 2.20. The van der Waals surface area contributed by atoms with Crippen molar-refractivity contribution in [2.24, 2.45) is 0 Å². The molecule has 0 aliphatic carbocycles. The number of hydrogen-bond donors (Lipinski definition) is 1. The van der Waals surface area contributed by atoms with Crippen LogP contribution in [-0.4, -0.2) is 6.54 Å². The Morgan fingerprint density at radius 1 is 1.41 bits per heavy atom. The molecule has 0 saturated heterocycles. The Labute approximate surface area is 110 Å². The fourth-order valence-corrected chi connectivity index (χ4v) is 2.05. The maximum Gasteiger partial charge on any atom is 0.0409 e. The molecule has 0 bridgehead atoms. The zero-order valence-corrected chi connectivity index (χ0v) is 11.1. The molecule has 2 heteroatoms. The summed E-state index contributed by atoms with van der Waals surface area (Å²) >= 11 is 6.00. The van der Waals surface area contributed by atoms with Gasteiger partial charge < -0.3 is 5.32 Å². The fraction of sp³-hybridized carbons (Fsp3) is 0.467. The molecule has 0 spiro atoms. The first-order valence-electron chi connectivity index (χ1n) is 6.20. The van der Waals surface area contributed by atoms with Gasteiger partial charge in [0.15, 0.2) is 0 Å². The molecule has 0 fully saturated rings. The minimum atomic E-state index is 0.388.